The van der Waals surface area contributed by atoms with Gasteiger partial charge < -0.3 is 34.4 Å². The van der Waals surface area contributed by atoms with Gasteiger partial charge >= 0.3 is 37.4 Å². The number of carboxylic acids is 1. The predicted molar refractivity (Wildman–Crippen MR) is 211 cm³/mol. The minimum atomic E-state index is -4.61. The van der Waals surface area contributed by atoms with Gasteiger partial charge in [-0.3, -0.25) is 45.0 Å². The number of carbonyl (C=O) groups is 3. The molecule has 0 radical (unpaired) electrons. The first kappa shape index (κ1) is 53.1. The summed E-state index contributed by atoms with van der Waals surface area (Å²) in [7, 11) is -4.10. The van der Waals surface area contributed by atoms with Crippen LogP contribution in [0.25, 0.3) is 0 Å². The molecule has 61 heavy (non-hydrogen) atoms. The number of nitrogens with one attached hydrogen (secondary N) is 2. The Morgan fingerprint density at radius 1 is 0.918 bits per heavy atom. The number of rotatable bonds is 17. The molecular weight excluding hydrogens is 870 g/mol. The number of aryl methyl sites for hydroxylation is 1. The zero-order chi connectivity index (χ0) is 47.0. The van der Waals surface area contributed by atoms with E-state index in [1.165, 1.54) is 13.0 Å². The molecule has 0 aliphatic heterocycles. The van der Waals surface area contributed by atoms with E-state index in [2.05, 4.69) is 10.6 Å². The fourth-order valence-corrected chi connectivity index (χ4v) is 5.34. The van der Waals surface area contributed by atoms with Gasteiger partial charge in [0.05, 0.1) is 44.8 Å². The SMILES string of the molecule is CCC(CC)Nc1c([N+](=O)[O-])cc(C)c(C)c1[N+](=O)[O-].CCOC(=O)C(C)OC(=O)c1cc(Oc2ccc(C(F)(F)F)cc2Cl)ccc1[N+](=O)[O-].O=C(O)CNCP(=O)(O)O. The number of benzene rings is 3. The molecule has 0 saturated heterocycles. The van der Waals surface area contributed by atoms with Crippen LogP contribution in [-0.4, -0.2) is 79.2 Å². The van der Waals surface area contributed by atoms with E-state index in [4.69, 9.17) is 40.7 Å². The van der Waals surface area contributed by atoms with Gasteiger partial charge in [-0.15, -0.1) is 0 Å². The van der Waals surface area contributed by atoms with E-state index in [1.807, 2.05) is 13.8 Å². The number of hydrogen-bond acceptors (Lipinski definition) is 15. The summed E-state index contributed by atoms with van der Waals surface area (Å²) in [5.41, 5.74) is -1.61. The maximum Gasteiger partial charge on any atom is 0.416 e. The number of hydrogen-bond donors (Lipinski definition) is 5. The Labute approximate surface area is 349 Å². The average Bonchev–Trinajstić information content (AvgIpc) is 3.14. The molecule has 0 aromatic heterocycles. The van der Waals surface area contributed by atoms with Gasteiger partial charge in [-0.2, -0.15) is 13.2 Å². The van der Waals surface area contributed by atoms with Crippen molar-refractivity contribution in [2.45, 2.75) is 72.7 Å². The highest BCUT2D eigenvalue weighted by Gasteiger charge is 2.32. The molecule has 5 N–H and O–H groups in total. The summed E-state index contributed by atoms with van der Waals surface area (Å²) >= 11 is 5.83. The van der Waals surface area contributed by atoms with Crippen LogP contribution in [0.4, 0.5) is 35.9 Å². The van der Waals surface area contributed by atoms with Crippen molar-refractivity contribution in [3.8, 4) is 11.5 Å². The van der Waals surface area contributed by atoms with E-state index in [1.54, 1.807) is 20.8 Å². The minimum Gasteiger partial charge on any atom is -0.480 e. The standard InChI is InChI=1S/C19H15ClF3NO7.C13H19N3O4.C3H8NO5P/c1-3-29-17(25)10(2)30-18(26)13-9-12(5-6-15(13)24(27)28)31-16-7-4-11(8-14(16)20)19(21,22)23;1-5-10(6-2)14-12-11(15(17)18)7-8(3)9(4)13(12)16(19)20;5-3(6)1-4-2-10(7,8)9/h4-10H,3H2,1-2H3;7,10,14H,5-6H2,1-4H3;4H,1-2H2,(H,5,6)(H2,7,8,9). The number of alkyl halides is 3. The van der Waals surface area contributed by atoms with Gasteiger partial charge in [0.2, 0.25) is 0 Å². The third-order valence-corrected chi connectivity index (χ3v) is 8.81. The van der Waals surface area contributed by atoms with Crippen LogP contribution in [0.2, 0.25) is 5.02 Å². The van der Waals surface area contributed by atoms with Crippen molar-refractivity contribution in [1.29, 1.82) is 0 Å². The van der Waals surface area contributed by atoms with Gasteiger partial charge in [-0.05, 0) is 70.4 Å². The van der Waals surface area contributed by atoms with Crippen molar-refractivity contribution in [3.05, 3.63) is 100 Å². The molecule has 0 amide bonds. The monoisotopic (exact) mass is 911 g/mol. The largest absolute Gasteiger partial charge is 0.480 e. The van der Waals surface area contributed by atoms with Crippen LogP contribution in [0, 0.1) is 44.2 Å². The minimum absolute atomic E-state index is 0.0109. The van der Waals surface area contributed by atoms with E-state index in [-0.39, 0.29) is 46.2 Å². The predicted octanol–water partition coefficient (Wildman–Crippen LogP) is 7.68. The van der Waals surface area contributed by atoms with Gasteiger partial charge in [0.25, 0.3) is 11.4 Å². The van der Waals surface area contributed by atoms with Crippen molar-refractivity contribution in [3.63, 3.8) is 0 Å². The van der Waals surface area contributed by atoms with Crippen LogP contribution >= 0.6 is 19.2 Å². The molecule has 0 aliphatic rings. The Bertz CT molecular complexity index is 2130. The van der Waals surface area contributed by atoms with Gasteiger partial charge in [0.1, 0.15) is 17.1 Å². The molecule has 0 spiro atoms. The normalized spacial score (nSPS) is 11.5. The fraction of sp³-hybridized carbons (Fsp3) is 0.400. The lowest BCUT2D eigenvalue weighted by molar-refractivity contribution is -0.392. The first-order valence-corrected chi connectivity index (χ1v) is 19.7. The Hall–Kier alpha value is -5.94. The second-order valence-corrected chi connectivity index (χ2v) is 14.4. The number of nitro groups is 3. The van der Waals surface area contributed by atoms with Crippen LogP contribution in [0.15, 0.2) is 42.5 Å². The number of carboxylic acid groups (broad SMARTS) is 1. The summed E-state index contributed by atoms with van der Waals surface area (Å²) in [5, 5.41) is 46.3. The van der Waals surface area contributed by atoms with Crippen molar-refractivity contribution in [1.82, 2.24) is 5.32 Å². The second-order valence-electron chi connectivity index (χ2n) is 12.4. The number of nitro benzene ring substituents is 3. The molecule has 0 bridgehead atoms. The number of halogens is 4. The molecule has 3 aromatic rings. The number of nitrogens with zero attached hydrogens (tertiary/aromatic N) is 3. The fourth-order valence-electron chi connectivity index (χ4n) is 4.72. The highest BCUT2D eigenvalue weighted by atomic mass is 35.5. The molecule has 0 fully saturated rings. The second kappa shape index (κ2) is 23.7. The van der Waals surface area contributed by atoms with Crippen molar-refractivity contribution in [2.75, 3.05) is 24.8 Å². The van der Waals surface area contributed by atoms with E-state index in [0.29, 0.717) is 17.2 Å². The first-order valence-electron chi connectivity index (χ1n) is 17.6. The van der Waals surface area contributed by atoms with Crippen LogP contribution in [0.3, 0.4) is 0 Å². The number of esters is 2. The highest BCUT2D eigenvalue weighted by Crippen LogP contribution is 2.40. The maximum absolute atomic E-state index is 12.8. The highest BCUT2D eigenvalue weighted by molar-refractivity contribution is 7.51. The lowest BCUT2D eigenvalue weighted by atomic mass is 10.0. The zero-order valence-electron chi connectivity index (χ0n) is 33.2. The van der Waals surface area contributed by atoms with Crippen molar-refractivity contribution in [2.24, 2.45) is 0 Å². The molecule has 0 aliphatic carbocycles. The molecule has 0 heterocycles. The lowest BCUT2D eigenvalue weighted by Crippen LogP contribution is -2.26. The van der Waals surface area contributed by atoms with Gasteiger partial charge in [-0.25, -0.2) is 9.59 Å². The Morgan fingerprint density at radius 2 is 1.51 bits per heavy atom. The Kier molecular flexibility index (Phi) is 20.7. The summed E-state index contributed by atoms with van der Waals surface area (Å²) in [4.78, 5) is 81.8. The molecule has 21 nitrogen and oxygen atoms in total. The molecule has 336 valence electrons. The van der Waals surface area contributed by atoms with Crippen LogP contribution in [0.1, 0.15) is 67.6 Å². The molecule has 3 rings (SSSR count). The summed E-state index contributed by atoms with van der Waals surface area (Å²) < 4.78 is 63.3. The third kappa shape index (κ3) is 17.3. The van der Waals surface area contributed by atoms with Crippen LogP contribution in [0.5, 0.6) is 11.5 Å². The van der Waals surface area contributed by atoms with E-state index >= 15 is 0 Å². The van der Waals surface area contributed by atoms with Crippen LogP contribution < -0.4 is 15.4 Å². The molecule has 1 unspecified atom stereocenters. The van der Waals surface area contributed by atoms with E-state index in [0.717, 1.165) is 43.2 Å². The summed E-state index contributed by atoms with van der Waals surface area (Å²) in [6.07, 6.45) is -5.07. The quantitative estimate of drug-likeness (QED) is 0.0375. The summed E-state index contributed by atoms with van der Waals surface area (Å²) in [5.74, 6) is -3.50. The van der Waals surface area contributed by atoms with Gasteiger partial charge in [0.15, 0.2) is 11.8 Å². The molecule has 1 atom stereocenters. The molecular formula is C35H42ClF3N5O16P. The smallest absolute Gasteiger partial charge is 0.416 e. The molecule has 0 saturated carbocycles. The van der Waals surface area contributed by atoms with Gasteiger partial charge in [-0.1, -0.05) is 25.4 Å². The Balaban J connectivity index is 0.000000528. The topological polar surface area (TPSA) is 310 Å². The molecule has 3 aromatic carbocycles. The van der Waals surface area contributed by atoms with Crippen molar-refractivity contribution >= 4 is 59.9 Å². The van der Waals surface area contributed by atoms with E-state index in [9.17, 15) is 62.5 Å². The Morgan fingerprint density at radius 3 is 1.97 bits per heavy atom. The van der Waals surface area contributed by atoms with Crippen LogP contribution in [-0.2, 0) is 29.8 Å². The zero-order valence-corrected chi connectivity index (χ0v) is 34.8. The number of carbonyl (C=O) groups excluding carboxylic acids is 2. The first-order chi connectivity index (χ1) is 28.2. The average molecular weight is 912 g/mol. The van der Waals surface area contributed by atoms with Crippen molar-refractivity contribution < 1.29 is 76.0 Å². The lowest BCUT2D eigenvalue weighted by Gasteiger charge is -2.17. The molecule has 26 heteroatoms. The summed E-state index contributed by atoms with van der Waals surface area (Å²) in [6.45, 7) is 9.48. The maximum atomic E-state index is 12.8. The van der Waals surface area contributed by atoms with E-state index < -0.39 is 82.2 Å². The summed E-state index contributed by atoms with van der Waals surface area (Å²) in [6, 6.07) is 6.72. The third-order valence-electron chi connectivity index (χ3n) is 7.87. The number of aliphatic carboxylic acids is 1. The number of anilines is 1. The van der Waals surface area contributed by atoms with Gasteiger partial charge in [0, 0.05) is 29.8 Å². The number of ether oxygens (including phenoxy) is 3.